The Morgan fingerprint density at radius 1 is 1.67 bits per heavy atom. The molecule has 1 heterocycles. The smallest absolute Gasteiger partial charge is 0.358 e. The van der Waals surface area contributed by atoms with Gasteiger partial charge in [0, 0.05) is 6.07 Å². The molecule has 1 rings (SSSR count). The quantitative estimate of drug-likeness (QED) is 0.580. The molecular weight excluding hydrogens is 232 g/mol. The van der Waals surface area contributed by atoms with Crippen LogP contribution in [0.4, 0.5) is 14.6 Å². The average molecular weight is 234 g/mol. The van der Waals surface area contributed by atoms with Gasteiger partial charge in [0.15, 0.2) is 5.02 Å². The maximum Gasteiger partial charge on any atom is 0.384 e. The first-order valence-corrected chi connectivity index (χ1v) is 3.88. The Hall–Kier alpha value is -1.81. The number of nitrogens with zero attached hydrogens (tertiary/aromatic N) is 3. The van der Waals surface area contributed by atoms with Crippen molar-refractivity contribution in [2.24, 2.45) is 0 Å². The van der Waals surface area contributed by atoms with Crippen LogP contribution in [0.5, 0.6) is 0 Å². The van der Waals surface area contributed by atoms with E-state index >= 15 is 0 Å². The number of hydrogen-bond acceptors (Lipinski definition) is 4. The minimum Gasteiger partial charge on any atom is -0.358 e. The molecule has 0 atom stereocenters. The maximum absolute atomic E-state index is 12.2. The van der Waals surface area contributed by atoms with Crippen LogP contribution < -0.4 is 0 Å². The molecule has 0 saturated carbocycles. The molecule has 78 valence electrons. The SMILES string of the molecule is N#Cc1cc(C(F)F)nc([N+](=O)[O-])c1Cl. The van der Waals surface area contributed by atoms with Gasteiger partial charge in [-0.1, -0.05) is 11.6 Å². The molecule has 5 nitrogen and oxygen atoms in total. The third kappa shape index (κ3) is 2.16. The third-order valence-electron chi connectivity index (χ3n) is 1.48. The van der Waals surface area contributed by atoms with Gasteiger partial charge >= 0.3 is 12.2 Å². The van der Waals surface area contributed by atoms with E-state index in [2.05, 4.69) is 4.98 Å². The molecule has 0 aliphatic rings. The van der Waals surface area contributed by atoms with Gasteiger partial charge in [-0.05, 0) is 9.91 Å². The summed E-state index contributed by atoms with van der Waals surface area (Å²) in [6.45, 7) is 0. The lowest BCUT2D eigenvalue weighted by Gasteiger charge is -1.99. The predicted octanol–water partition coefficient (Wildman–Crippen LogP) is 2.45. The van der Waals surface area contributed by atoms with Crippen LogP contribution in [0.25, 0.3) is 0 Å². The van der Waals surface area contributed by atoms with Gasteiger partial charge < -0.3 is 10.1 Å². The molecule has 0 spiro atoms. The van der Waals surface area contributed by atoms with Gasteiger partial charge in [0.1, 0.15) is 6.07 Å². The van der Waals surface area contributed by atoms with Gasteiger partial charge in [-0.25, -0.2) is 8.78 Å². The minimum atomic E-state index is -2.99. The summed E-state index contributed by atoms with van der Waals surface area (Å²) in [5, 5.41) is 18.3. The Morgan fingerprint density at radius 2 is 2.27 bits per heavy atom. The Morgan fingerprint density at radius 3 is 2.67 bits per heavy atom. The van der Waals surface area contributed by atoms with Crippen molar-refractivity contribution in [3.63, 3.8) is 0 Å². The Balaban J connectivity index is 3.47. The van der Waals surface area contributed by atoms with E-state index in [1.807, 2.05) is 0 Å². The zero-order valence-electron chi connectivity index (χ0n) is 6.95. The molecule has 0 N–H and O–H groups in total. The summed E-state index contributed by atoms with van der Waals surface area (Å²) in [5.41, 5.74) is -1.24. The fourth-order valence-corrected chi connectivity index (χ4v) is 1.06. The highest BCUT2D eigenvalue weighted by Crippen LogP contribution is 2.29. The summed E-state index contributed by atoms with van der Waals surface area (Å²) >= 11 is 5.41. The maximum atomic E-state index is 12.2. The summed E-state index contributed by atoms with van der Waals surface area (Å²) in [7, 11) is 0. The van der Waals surface area contributed by atoms with Crippen molar-refractivity contribution in [3.05, 3.63) is 32.5 Å². The number of hydrogen-bond donors (Lipinski definition) is 0. The molecule has 0 fully saturated rings. The fourth-order valence-electron chi connectivity index (χ4n) is 0.849. The summed E-state index contributed by atoms with van der Waals surface area (Å²) in [4.78, 5) is 12.4. The molecule has 0 aliphatic carbocycles. The molecule has 15 heavy (non-hydrogen) atoms. The molecule has 0 saturated heterocycles. The van der Waals surface area contributed by atoms with Crippen molar-refractivity contribution >= 4 is 17.4 Å². The normalized spacial score (nSPS) is 10.1. The second-order valence-corrected chi connectivity index (χ2v) is 2.78. The zero-order valence-corrected chi connectivity index (χ0v) is 7.70. The molecule has 0 radical (unpaired) electrons. The van der Waals surface area contributed by atoms with Crippen LogP contribution in [0.3, 0.4) is 0 Å². The summed E-state index contributed by atoms with van der Waals surface area (Å²) < 4.78 is 24.4. The van der Waals surface area contributed by atoms with Crippen molar-refractivity contribution in [1.29, 1.82) is 5.26 Å². The second-order valence-electron chi connectivity index (χ2n) is 2.40. The van der Waals surface area contributed by atoms with E-state index in [0.29, 0.717) is 0 Å². The number of nitriles is 1. The molecule has 0 aromatic carbocycles. The van der Waals surface area contributed by atoms with Gasteiger partial charge in [-0.2, -0.15) is 5.26 Å². The number of alkyl halides is 2. The molecule has 1 aromatic heterocycles. The number of rotatable bonds is 2. The number of pyridine rings is 1. The molecule has 0 bridgehead atoms. The molecule has 8 heteroatoms. The van der Waals surface area contributed by atoms with Gasteiger partial charge in [0.05, 0.1) is 5.56 Å². The lowest BCUT2D eigenvalue weighted by molar-refractivity contribution is -0.389. The van der Waals surface area contributed by atoms with Gasteiger partial charge in [0.25, 0.3) is 0 Å². The van der Waals surface area contributed by atoms with E-state index in [1.54, 1.807) is 0 Å². The van der Waals surface area contributed by atoms with E-state index in [9.17, 15) is 18.9 Å². The van der Waals surface area contributed by atoms with Crippen LogP contribution in [0.15, 0.2) is 6.07 Å². The van der Waals surface area contributed by atoms with Gasteiger partial charge in [-0.3, -0.25) is 0 Å². The van der Waals surface area contributed by atoms with Crippen molar-refractivity contribution in [2.75, 3.05) is 0 Å². The van der Waals surface area contributed by atoms with E-state index < -0.39 is 33.4 Å². The highest BCUT2D eigenvalue weighted by Gasteiger charge is 2.25. The van der Waals surface area contributed by atoms with Crippen LogP contribution in [-0.2, 0) is 0 Å². The van der Waals surface area contributed by atoms with Crippen LogP contribution >= 0.6 is 11.6 Å². The molecule has 1 aromatic rings. The van der Waals surface area contributed by atoms with E-state index in [4.69, 9.17) is 16.9 Å². The van der Waals surface area contributed by atoms with Gasteiger partial charge in [-0.15, -0.1) is 0 Å². The lowest BCUT2D eigenvalue weighted by Crippen LogP contribution is -2.00. The zero-order chi connectivity index (χ0) is 11.6. The number of halogens is 3. The minimum absolute atomic E-state index is 0.395. The molecular formula is C7H2ClF2N3O2. The molecule has 0 unspecified atom stereocenters. The van der Waals surface area contributed by atoms with Crippen LogP contribution in [-0.4, -0.2) is 9.91 Å². The Labute approximate surface area is 87.1 Å². The summed E-state index contributed by atoms with van der Waals surface area (Å²) in [6, 6.07) is 2.20. The molecule has 0 amide bonds. The number of nitro groups is 1. The third-order valence-corrected chi connectivity index (χ3v) is 1.85. The van der Waals surface area contributed by atoms with Crippen molar-refractivity contribution in [2.45, 2.75) is 6.43 Å². The monoisotopic (exact) mass is 233 g/mol. The second kappa shape index (κ2) is 4.14. The Kier molecular flexibility index (Phi) is 3.11. The van der Waals surface area contributed by atoms with Crippen molar-refractivity contribution in [1.82, 2.24) is 4.98 Å². The lowest BCUT2D eigenvalue weighted by atomic mass is 10.2. The highest BCUT2D eigenvalue weighted by atomic mass is 35.5. The first-order valence-electron chi connectivity index (χ1n) is 3.50. The topological polar surface area (TPSA) is 79.8 Å². The van der Waals surface area contributed by atoms with E-state index in [1.165, 1.54) is 6.07 Å². The van der Waals surface area contributed by atoms with Crippen LogP contribution in [0.2, 0.25) is 5.02 Å². The predicted molar refractivity (Wildman–Crippen MR) is 45.6 cm³/mol. The van der Waals surface area contributed by atoms with Crippen LogP contribution in [0.1, 0.15) is 17.7 Å². The number of aromatic nitrogens is 1. The Bertz CT molecular complexity index is 458. The highest BCUT2D eigenvalue weighted by molar-refractivity contribution is 6.33. The van der Waals surface area contributed by atoms with Gasteiger partial charge in [0.2, 0.25) is 5.69 Å². The average Bonchev–Trinajstić information content (AvgIpc) is 2.17. The molecule has 0 aliphatic heterocycles. The standard InChI is InChI=1S/C7H2ClF2N3O2/c8-5-3(2-11)1-4(6(9)10)12-7(5)13(14)15/h1,6H. The summed E-state index contributed by atoms with van der Waals surface area (Å²) in [5.74, 6) is -0.939. The van der Waals surface area contributed by atoms with E-state index in [-0.39, 0.29) is 0 Å². The largest absolute Gasteiger partial charge is 0.384 e. The van der Waals surface area contributed by atoms with Crippen molar-refractivity contribution < 1.29 is 13.7 Å². The summed E-state index contributed by atoms with van der Waals surface area (Å²) in [6.07, 6.45) is -2.99. The van der Waals surface area contributed by atoms with E-state index in [0.717, 1.165) is 6.07 Å². The first-order chi connectivity index (χ1) is 6.97. The fraction of sp³-hybridized carbons (Fsp3) is 0.143. The van der Waals surface area contributed by atoms with Crippen molar-refractivity contribution in [3.8, 4) is 6.07 Å². The van der Waals surface area contributed by atoms with Crippen LogP contribution in [0, 0.1) is 21.4 Å². The first kappa shape index (κ1) is 11.3.